The molecule has 0 aliphatic heterocycles. The van der Waals surface area contributed by atoms with E-state index in [1.807, 2.05) is 14.1 Å². The van der Waals surface area contributed by atoms with Gasteiger partial charge < -0.3 is 10.0 Å². The van der Waals surface area contributed by atoms with Crippen LogP contribution in [0.2, 0.25) is 0 Å². The smallest absolute Gasteiger partial charge is 0.323 e. The normalized spacial score (nSPS) is 21.1. The minimum absolute atomic E-state index is 0.235. The van der Waals surface area contributed by atoms with E-state index in [9.17, 15) is 9.90 Å². The first kappa shape index (κ1) is 14.5. The van der Waals surface area contributed by atoms with E-state index < -0.39 is 11.5 Å². The standard InChI is InChI=1S/C13H26N2O2/c1-10(2)11(9-15(3)4)14-13(12(16)17)7-5-6-8-13/h10-11,14H,5-9H2,1-4H3,(H,16,17). The Kier molecular flexibility index (Phi) is 4.95. The Morgan fingerprint density at radius 3 is 2.24 bits per heavy atom. The monoisotopic (exact) mass is 242 g/mol. The van der Waals surface area contributed by atoms with Gasteiger partial charge in [-0.3, -0.25) is 10.1 Å². The van der Waals surface area contributed by atoms with Crippen molar-refractivity contribution < 1.29 is 9.90 Å². The van der Waals surface area contributed by atoms with Crippen LogP contribution in [0.3, 0.4) is 0 Å². The third-order valence-electron chi connectivity index (χ3n) is 3.69. The molecule has 1 aliphatic rings. The summed E-state index contributed by atoms with van der Waals surface area (Å²) in [6.07, 6.45) is 3.57. The van der Waals surface area contributed by atoms with Crippen molar-refractivity contribution in [2.45, 2.75) is 51.1 Å². The second-order valence-electron chi connectivity index (χ2n) is 5.85. The second-order valence-corrected chi connectivity index (χ2v) is 5.85. The van der Waals surface area contributed by atoms with E-state index in [0.717, 1.165) is 32.2 Å². The summed E-state index contributed by atoms with van der Waals surface area (Å²) in [4.78, 5) is 13.6. The van der Waals surface area contributed by atoms with Gasteiger partial charge in [-0.25, -0.2) is 0 Å². The maximum absolute atomic E-state index is 11.5. The molecule has 4 nitrogen and oxygen atoms in total. The Morgan fingerprint density at radius 1 is 1.35 bits per heavy atom. The third-order valence-corrected chi connectivity index (χ3v) is 3.69. The molecule has 0 spiro atoms. The Labute approximate surface area is 104 Å². The molecule has 4 heteroatoms. The van der Waals surface area contributed by atoms with Crippen molar-refractivity contribution in [3.05, 3.63) is 0 Å². The number of nitrogens with zero attached hydrogens (tertiary/aromatic N) is 1. The number of rotatable bonds is 6. The van der Waals surface area contributed by atoms with E-state index in [2.05, 4.69) is 24.1 Å². The summed E-state index contributed by atoms with van der Waals surface area (Å²) in [5, 5.41) is 12.9. The average molecular weight is 242 g/mol. The highest BCUT2D eigenvalue weighted by molar-refractivity contribution is 5.79. The van der Waals surface area contributed by atoms with Crippen LogP contribution in [0.5, 0.6) is 0 Å². The van der Waals surface area contributed by atoms with Crippen molar-refractivity contribution in [1.82, 2.24) is 10.2 Å². The molecule has 1 saturated carbocycles. The van der Waals surface area contributed by atoms with Crippen LogP contribution in [0.1, 0.15) is 39.5 Å². The molecule has 0 radical (unpaired) electrons. The van der Waals surface area contributed by atoms with Gasteiger partial charge >= 0.3 is 5.97 Å². The number of carboxylic acid groups (broad SMARTS) is 1. The summed E-state index contributed by atoms with van der Waals surface area (Å²) < 4.78 is 0. The maximum atomic E-state index is 11.5. The minimum atomic E-state index is -0.681. The Hall–Kier alpha value is -0.610. The van der Waals surface area contributed by atoms with Crippen LogP contribution in [-0.4, -0.2) is 48.2 Å². The van der Waals surface area contributed by atoms with Crippen LogP contribution in [0.25, 0.3) is 0 Å². The van der Waals surface area contributed by atoms with Gasteiger partial charge in [-0.05, 0) is 32.9 Å². The van der Waals surface area contributed by atoms with Crippen molar-refractivity contribution in [3.63, 3.8) is 0 Å². The first-order valence-electron chi connectivity index (χ1n) is 6.53. The molecule has 0 aromatic heterocycles. The molecule has 0 aromatic carbocycles. The molecular formula is C13H26N2O2. The SMILES string of the molecule is CC(C)C(CN(C)C)NC1(C(=O)O)CCCC1. The van der Waals surface area contributed by atoms with Crippen LogP contribution >= 0.6 is 0 Å². The van der Waals surface area contributed by atoms with E-state index in [1.54, 1.807) is 0 Å². The summed E-state index contributed by atoms with van der Waals surface area (Å²) >= 11 is 0. The van der Waals surface area contributed by atoms with Crippen molar-refractivity contribution >= 4 is 5.97 Å². The minimum Gasteiger partial charge on any atom is -0.480 e. The average Bonchev–Trinajstić information content (AvgIpc) is 2.65. The van der Waals surface area contributed by atoms with Crippen molar-refractivity contribution in [2.75, 3.05) is 20.6 Å². The molecule has 0 amide bonds. The Balaban J connectivity index is 2.72. The lowest BCUT2D eigenvalue weighted by Crippen LogP contribution is -2.57. The molecule has 1 atom stereocenters. The number of aliphatic carboxylic acids is 1. The molecule has 1 fully saturated rings. The van der Waals surface area contributed by atoms with Crippen LogP contribution in [0.15, 0.2) is 0 Å². The lowest BCUT2D eigenvalue weighted by atomic mass is 9.93. The molecule has 0 saturated heterocycles. The quantitative estimate of drug-likeness (QED) is 0.742. The third kappa shape index (κ3) is 3.68. The van der Waals surface area contributed by atoms with Gasteiger partial charge in [0.25, 0.3) is 0 Å². The molecule has 2 N–H and O–H groups in total. The first-order valence-corrected chi connectivity index (χ1v) is 6.53. The molecule has 0 bridgehead atoms. The van der Waals surface area contributed by atoms with Gasteiger partial charge in [0.05, 0.1) is 0 Å². The highest BCUT2D eigenvalue weighted by Gasteiger charge is 2.42. The van der Waals surface area contributed by atoms with Crippen LogP contribution in [0.4, 0.5) is 0 Å². The second kappa shape index (κ2) is 5.83. The fourth-order valence-electron chi connectivity index (χ4n) is 2.57. The van der Waals surface area contributed by atoms with Gasteiger partial charge in [-0.15, -0.1) is 0 Å². The Morgan fingerprint density at radius 2 is 1.88 bits per heavy atom. The lowest BCUT2D eigenvalue weighted by Gasteiger charge is -2.34. The molecule has 0 heterocycles. The van der Waals surface area contributed by atoms with Crippen molar-refractivity contribution in [2.24, 2.45) is 5.92 Å². The number of hydrogen-bond donors (Lipinski definition) is 2. The van der Waals surface area contributed by atoms with Gasteiger partial charge in [0.2, 0.25) is 0 Å². The first-order chi connectivity index (χ1) is 7.87. The number of likely N-dealkylation sites (N-methyl/N-ethyl adjacent to an activating group) is 1. The van der Waals surface area contributed by atoms with Crippen LogP contribution < -0.4 is 5.32 Å². The number of carbonyl (C=O) groups is 1. The highest BCUT2D eigenvalue weighted by atomic mass is 16.4. The Bertz CT molecular complexity index is 258. The zero-order valence-corrected chi connectivity index (χ0v) is 11.5. The molecule has 1 rings (SSSR count). The number of nitrogens with one attached hydrogen (secondary N) is 1. The fourth-order valence-corrected chi connectivity index (χ4v) is 2.57. The predicted octanol–water partition coefficient (Wildman–Crippen LogP) is 1.56. The summed E-state index contributed by atoms with van der Waals surface area (Å²) in [6, 6.07) is 0.235. The van der Waals surface area contributed by atoms with Crippen molar-refractivity contribution in [1.29, 1.82) is 0 Å². The molecule has 17 heavy (non-hydrogen) atoms. The predicted molar refractivity (Wildman–Crippen MR) is 69.2 cm³/mol. The van der Waals surface area contributed by atoms with Crippen molar-refractivity contribution in [3.8, 4) is 0 Å². The lowest BCUT2D eigenvalue weighted by molar-refractivity contribution is -0.145. The zero-order chi connectivity index (χ0) is 13.1. The van der Waals surface area contributed by atoms with E-state index in [-0.39, 0.29) is 6.04 Å². The van der Waals surface area contributed by atoms with Gasteiger partial charge in [0, 0.05) is 12.6 Å². The molecule has 1 unspecified atom stereocenters. The highest BCUT2D eigenvalue weighted by Crippen LogP contribution is 2.31. The molecule has 0 aromatic rings. The van der Waals surface area contributed by atoms with Crippen LogP contribution in [-0.2, 0) is 4.79 Å². The van der Waals surface area contributed by atoms with Gasteiger partial charge in [-0.1, -0.05) is 26.7 Å². The summed E-state index contributed by atoms with van der Waals surface area (Å²) in [6.45, 7) is 5.17. The van der Waals surface area contributed by atoms with Crippen LogP contribution in [0, 0.1) is 5.92 Å². The maximum Gasteiger partial charge on any atom is 0.323 e. The fraction of sp³-hybridized carbons (Fsp3) is 0.923. The topological polar surface area (TPSA) is 52.6 Å². The zero-order valence-electron chi connectivity index (χ0n) is 11.5. The van der Waals surface area contributed by atoms with Gasteiger partial charge in [-0.2, -0.15) is 0 Å². The van der Waals surface area contributed by atoms with Gasteiger partial charge in [0.1, 0.15) is 5.54 Å². The van der Waals surface area contributed by atoms with E-state index in [1.165, 1.54) is 0 Å². The summed E-state index contributed by atoms with van der Waals surface area (Å²) in [7, 11) is 4.05. The largest absolute Gasteiger partial charge is 0.480 e. The molecule has 1 aliphatic carbocycles. The number of hydrogen-bond acceptors (Lipinski definition) is 3. The molecular weight excluding hydrogens is 216 g/mol. The summed E-state index contributed by atoms with van der Waals surface area (Å²) in [5.41, 5.74) is -0.676. The summed E-state index contributed by atoms with van der Waals surface area (Å²) in [5.74, 6) is -0.242. The number of carboxylic acids is 1. The van der Waals surface area contributed by atoms with E-state index in [0.29, 0.717) is 5.92 Å². The molecule has 100 valence electrons. The van der Waals surface area contributed by atoms with E-state index >= 15 is 0 Å². The van der Waals surface area contributed by atoms with Gasteiger partial charge in [0.15, 0.2) is 0 Å². The van der Waals surface area contributed by atoms with E-state index in [4.69, 9.17) is 0 Å².